The van der Waals surface area contributed by atoms with Crippen LogP contribution >= 0.6 is 24.0 Å². The van der Waals surface area contributed by atoms with Crippen LogP contribution in [0, 0.1) is 0 Å². The molecule has 4 heterocycles. The fourth-order valence-corrected chi connectivity index (χ4v) is 5.94. The molecule has 0 aliphatic carbocycles. The molecule has 1 saturated heterocycles. The van der Waals surface area contributed by atoms with Crippen molar-refractivity contribution in [2.24, 2.45) is 0 Å². The Morgan fingerprint density at radius 3 is 2.89 bits per heavy atom. The molecule has 3 aliphatic rings. The van der Waals surface area contributed by atoms with E-state index in [1.165, 1.54) is 27.1 Å². The number of amides is 2. The minimum atomic E-state index is -0.282. The third-order valence-corrected chi connectivity index (χ3v) is 7.66. The Hall–Kier alpha value is -1.67. The van der Waals surface area contributed by atoms with Crippen molar-refractivity contribution in [3.05, 3.63) is 56.8 Å². The summed E-state index contributed by atoms with van der Waals surface area (Å²) < 4.78 is 0. The predicted molar refractivity (Wildman–Crippen MR) is 112 cm³/mol. The van der Waals surface area contributed by atoms with Gasteiger partial charge in [-0.1, -0.05) is 18.2 Å². The van der Waals surface area contributed by atoms with Gasteiger partial charge in [0.15, 0.2) is 0 Å². The molecule has 0 radical (unpaired) electrons. The zero-order chi connectivity index (χ0) is 19.3. The summed E-state index contributed by atoms with van der Waals surface area (Å²) in [6, 6.07) is 8.60. The summed E-state index contributed by atoms with van der Waals surface area (Å²) in [5.74, 6) is -0.366. The summed E-state index contributed by atoms with van der Waals surface area (Å²) in [6.07, 6.45) is 2.10. The van der Waals surface area contributed by atoms with E-state index in [4.69, 9.17) is 12.6 Å². The van der Waals surface area contributed by atoms with Gasteiger partial charge in [-0.3, -0.25) is 24.7 Å². The number of hydrogen-bond donors (Lipinski definition) is 2. The Balaban J connectivity index is 1.30. The van der Waals surface area contributed by atoms with E-state index in [1.54, 1.807) is 0 Å². The number of nitrogens with one attached hydrogen (secondary N) is 1. The van der Waals surface area contributed by atoms with Gasteiger partial charge in [-0.05, 0) is 46.5 Å². The third-order valence-electron chi connectivity index (χ3n) is 6.06. The average Bonchev–Trinajstić information content (AvgIpc) is 3.26. The standard InChI is InChI=1S/C21H23N3O2S2/c25-19-4-3-17(20(26)22-19)24-12-14-2-1-13(9-16(14)21(24)27)10-23-7-5-18-15(11-23)6-8-28-18/h1-2,6,8-9,17,21,27H,3-5,7,10-12H2,(H,22,25,26). The van der Waals surface area contributed by atoms with E-state index in [9.17, 15) is 9.59 Å². The number of carbonyl (C=O) groups is 2. The van der Waals surface area contributed by atoms with E-state index in [2.05, 4.69) is 44.8 Å². The number of piperidine rings is 1. The molecule has 2 amide bonds. The van der Waals surface area contributed by atoms with Crippen LogP contribution in [-0.4, -0.2) is 34.2 Å². The van der Waals surface area contributed by atoms with Crippen LogP contribution in [0.3, 0.4) is 0 Å². The van der Waals surface area contributed by atoms with Crippen LogP contribution in [0.25, 0.3) is 0 Å². The molecule has 1 N–H and O–H groups in total. The number of thiol groups is 1. The zero-order valence-corrected chi connectivity index (χ0v) is 17.3. The second-order valence-corrected chi connectivity index (χ2v) is 9.37. The van der Waals surface area contributed by atoms with Crippen LogP contribution in [-0.2, 0) is 35.6 Å². The largest absolute Gasteiger partial charge is 0.295 e. The maximum atomic E-state index is 12.3. The zero-order valence-electron chi connectivity index (χ0n) is 15.6. The first-order chi connectivity index (χ1) is 13.6. The van der Waals surface area contributed by atoms with Crippen LogP contribution in [0.1, 0.15) is 45.3 Å². The molecule has 146 valence electrons. The Labute approximate surface area is 174 Å². The smallest absolute Gasteiger partial charge is 0.243 e. The molecule has 5 rings (SSSR count). The van der Waals surface area contributed by atoms with Crippen LogP contribution in [0.15, 0.2) is 29.6 Å². The van der Waals surface area contributed by atoms with E-state index < -0.39 is 0 Å². The topological polar surface area (TPSA) is 52.7 Å². The molecule has 2 atom stereocenters. The number of nitrogens with zero attached hydrogens (tertiary/aromatic N) is 2. The minimum absolute atomic E-state index is 0.108. The number of hydrogen-bond acceptors (Lipinski definition) is 6. The van der Waals surface area contributed by atoms with Crippen LogP contribution in [0.5, 0.6) is 0 Å². The van der Waals surface area contributed by atoms with E-state index in [-0.39, 0.29) is 23.2 Å². The van der Waals surface area contributed by atoms with Gasteiger partial charge in [0.2, 0.25) is 11.8 Å². The second kappa shape index (κ2) is 7.30. The second-order valence-electron chi connectivity index (χ2n) is 7.88. The van der Waals surface area contributed by atoms with E-state index in [0.29, 0.717) is 19.4 Å². The lowest BCUT2D eigenvalue weighted by atomic mass is 10.0. The molecule has 2 aromatic rings. The van der Waals surface area contributed by atoms with Crippen molar-refractivity contribution in [1.82, 2.24) is 15.1 Å². The van der Waals surface area contributed by atoms with Gasteiger partial charge in [0.25, 0.3) is 0 Å². The molecule has 1 aromatic carbocycles. The summed E-state index contributed by atoms with van der Waals surface area (Å²) >= 11 is 6.70. The van der Waals surface area contributed by atoms with E-state index >= 15 is 0 Å². The third kappa shape index (κ3) is 3.30. The summed E-state index contributed by atoms with van der Waals surface area (Å²) in [5, 5.41) is 4.55. The van der Waals surface area contributed by atoms with Gasteiger partial charge >= 0.3 is 0 Å². The molecule has 0 bridgehead atoms. The summed E-state index contributed by atoms with van der Waals surface area (Å²) in [4.78, 5) is 29.9. The van der Waals surface area contributed by atoms with Gasteiger partial charge in [0.05, 0.1) is 11.4 Å². The number of thiophene rings is 1. The quantitative estimate of drug-likeness (QED) is 0.600. The normalized spacial score (nSPS) is 25.5. The van der Waals surface area contributed by atoms with Gasteiger partial charge in [-0.15, -0.1) is 11.3 Å². The number of fused-ring (bicyclic) bond motifs is 2. The highest BCUT2D eigenvalue weighted by atomic mass is 32.1. The predicted octanol–water partition coefficient (Wildman–Crippen LogP) is 2.86. The molecule has 0 spiro atoms. The van der Waals surface area contributed by atoms with Gasteiger partial charge in [0.1, 0.15) is 0 Å². The number of imide groups is 1. The molecule has 0 saturated carbocycles. The average molecular weight is 414 g/mol. The first-order valence-corrected chi connectivity index (χ1v) is 11.1. The Morgan fingerprint density at radius 2 is 2.04 bits per heavy atom. The van der Waals surface area contributed by atoms with Crippen molar-refractivity contribution in [1.29, 1.82) is 0 Å². The molecule has 28 heavy (non-hydrogen) atoms. The Morgan fingerprint density at radius 1 is 1.14 bits per heavy atom. The number of carbonyl (C=O) groups excluding carboxylic acids is 2. The number of benzene rings is 1. The number of rotatable bonds is 3. The summed E-state index contributed by atoms with van der Waals surface area (Å²) in [5.41, 5.74) is 5.18. The van der Waals surface area contributed by atoms with Crippen LogP contribution in [0.4, 0.5) is 0 Å². The Kier molecular flexibility index (Phi) is 4.79. The highest BCUT2D eigenvalue weighted by Gasteiger charge is 2.39. The Bertz CT molecular complexity index is 941. The fourth-order valence-electron chi connectivity index (χ4n) is 4.57. The monoisotopic (exact) mass is 413 g/mol. The first-order valence-electron chi connectivity index (χ1n) is 9.75. The minimum Gasteiger partial charge on any atom is -0.295 e. The molecule has 5 nitrogen and oxygen atoms in total. The lowest BCUT2D eigenvalue weighted by Gasteiger charge is -2.32. The highest BCUT2D eigenvalue weighted by Crippen LogP contribution is 2.39. The SMILES string of the molecule is O=C1CCC(N2Cc3ccc(CN4CCc5sccc5C4)cc3C2S)C(=O)N1. The lowest BCUT2D eigenvalue weighted by Crippen LogP contribution is -2.51. The lowest BCUT2D eigenvalue weighted by molar-refractivity contribution is -0.137. The summed E-state index contributed by atoms with van der Waals surface area (Å²) in [6.45, 7) is 3.75. The van der Waals surface area contributed by atoms with Crippen molar-refractivity contribution in [2.45, 2.75) is 50.3 Å². The molecule has 3 aliphatic heterocycles. The van der Waals surface area contributed by atoms with E-state index in [1.807, 2.05) is 11.3 Å². The first kappa shape index (κ1) is 18.4. The molecular formula is C21H23N3O2S2. The van der Waals surface area contributed by atoms with Crippen molar-refractivity contribution >= 4 is 35.8 Å². The highest BCUT2D eigenvalue weighted by molar-refractivity contribution is 7.80. The molecular weight excluding hydrogens is 390 g/mol. The van der Waals surface area contributed by atoms with Crippen molar-refractivity contribution < 1.29 is 9.59 Å². The van der Waals surface area contributed by atoms with Crippen molar-refractivity contribution in [3.8, 4) is 0 Å². The van der Waals surface area contributed by atoms with Gasteiger partial charge in [-0.2, -0.15) is 12.6 Å². The molecule has 1 aromatic heterocycles. The van der Waals surface area contributed by atoms with Crippen LogP contribution in [0.2, 0.25) is 0 Å². The maximum Gasteiger partial charge on any atom is 0.243 e. The van der Waals surface area contributed by atoms with Crippen molar-refractivity contribution in [2.75, 3.05) is 6.54 Å². The van der Waals surface area contributed by atoms with Gasteiger partial charge < -0.3 is 0 Å². The fraction of sp³-hybridized carbons (Fsp3) is 0.429. The van der Waals surface area contributed by atoms with Crippen LogP contribution < -0.4 is 5.32 Å². The van der Waals surface area contributed by atoms with E-state index in [0.717, 1.165) is 26.1 Å². The molecule has 2 unspecified atom stereocenters. The summed E-state index contributed by atoms with van der Waals surface area (Å²) in [7, 11) is 0. The molecule has 1 fully saturated rings. The van der Waals surface area contributed by atoms with Crippen molar-refractivity contribution in [3.63, 3.8) is 0 Å². The van der Waals surface area contributed by atoms with Gasteiger partial charge in [0, 0.05) is 37.5 Å². The molecule has 7 heteroatoms. The van der Waals surface area contributed by atoms with Gasteiger partial charge in [-0.25, -0.2) is 0 Å². The maximum absolute atomic E-state index is 12.3.